The molecule has 2 rings (SSSR count). The number of allylic oxidation sites excluding steroid dienone is 4. The molecule has 0 spiro atoms. The summed E-state index contributed by atoms with van der Waals surface area (Å²) >= 11 is 12.6. The number of Topliss-reactive ketones (excluding diaryl/α,β-unsaturated/α-hetero) is 1. The zero-order valence-corrected chi connectivity index (χ0v) is 15.5. The number of esters is 1. The van der Waals surface area contributed by atoms with Crippen molar-refractivity contribution in [3.05, 3.63) is 24.0 Å². The van der Waals surface area contributed by atoms with E-state index in [-0.39, 0.29) is 19.4 Å². The smallest absolute Gasteiger partial charge is 0.442 e. The quantitative estimate of drug-likeness (QED) is 0.431. The van der Waals surface area contributed by atoms with E-state index in [0.29, 0.717) is 0 Å². The van der Waals surface area contributed by atoms with Crippen LogP contribution in [0.25, 0.3) is 0 Å². The van der Waals surface area contributed by atoms with Crippen LogP contribution in [0.1, 0.15) is 26.7 Å². The van der Waals surface area contributed by atoms with Gasteiger partial charge in [-0.3, -0.25) is 9.59 Å². The fraction of sp³-hybridized carbons (Fsp3) is 0.625. The van der Waals surface area contributed by atoms with Crippen molar-refractivity contribution >= 4 is 35.0 Å². The number of hydrogen-bond donors (Lipinski definition) is 1. The van der Waals surface area contributed by atoms with Crippen molar-refractivity contribution in [2.45, 2.75) is 43.6 Å². The van der Waals surface area contributed by atoms with E-state index in [2.05, 4.69) is 10.1 Å². The van der Waals surface area contributed by atoms with Crippen LogP contribution in [0.2, 0.25) is 0 Å². The van der Waals surface area contributed by atoms with Crippen molar-refractivity contribution in [2.24, 2.45) is 11.3 Å². The fourth-order valence-corrected chi connectivity index (χ4v) is 4.05. The molecule has 26 heavy (non-hydrogen) atoms. The highest BCUT2D eigenvalue weighted by molar-refractivity contribution is 6.28. The number of ether oxygens (including phenoxy) is 2. The van der Waals surface area contributed by atoms with E-state index in [1.807, 2.05) is 0 Å². The second-order valence-electron chi connectivity index (χ2n) is 6.37. The first kappa shape index (κ1) is 21.1. The van der Waals surface area contributed by atoms with Crippen molar-refractivity contribution in [1.82, 2.24) is 5.32 Å². The first-order valence-electron chi connectivity index (χ1n) is 7.82. The minimum atomic E-state index is -4.96. The van der Waals surface area contributed by atoms with Gasteiger partial charge in [-0.05, 0) is 19.4 Å². The predicted molar refractivity (Wildman–Crippen MR) is 88.2 cm³/mol. The van der Waals surface area contributed by atoms with Crippen LogP contribution in [0.3, 0.4) is 0 Å². The first-order valence-corrected chi connectivity index (χ1v) is 8.64. The number of halogens is 5. The molecule has 0 aromatic rings. The van der Waals surface area contributed by atoms with Crippen molar-refractivity contribution in [3.63, 3.8) is 0 Å². The number of carbonyl (C=O) groups is 2. The molecule has 0 amide bonds. The average molecular weight is 416 g/mol. The molecule has 1 saturated heterocycles. The maximum absolute atomic E-state index is 13.3. The summed E-state index contributed by atoms with van der Waals surface area (Å²) in [5.74, 6) is -3.27. The maximum Gasteiger partial charge on any atom is 0.572 e. The number of ketones is 1. The van der Waals surface area contributed by atoms with E-state index >= 15 is 0 Å². The molecule has 146 valence electrons. The monoisotopic (exact) mass is 415 g/mol. The van der Waals surface area contributed by atoms with E-state index in [9.17, 15) is 22.8 Å². The lowest BCUT2D eigenvalue weighted by atomic mass is 9.71. The molecule has 1 aliphatic heterocycles. The Hall–Kier alpha value is -1.25. The molecule has 0 bridgehead atoms. The van der Waals surface area contributed by atoms with Crippen LogP contribution in [0.15, 0.2) is 24.0 Å². The van der Waals surface area contributed by atoms with Gasteiger partial charge in [0.2, 0.25) is 0 Å². The molecule has 4 unspecified atom stereocenters. The third-order valence-corrected chi connectivity index (χ3v) is 5.29. The lowest BCUT2D eigenvalue weighted by Gasteiger charge is -2.44. The van der Waals surface area contributed by atoms with Gasteiger partial charge in [0.05, 0.1) is 10.9 Å². The fourth-order valence-electron chi connectivity index (χ4n) is 3.13. The Morgan fingerprint density at radius 1 is 1.38 bits per heavy atom. The number of rotatable bonds is 4. The van der Waals surface area contributed by atoms with Crippen molar-refractivity contribution in [3.8, 4) is 0 Å². The number of carbonyl (C=O) groups excluding carboxylic acids is 2. The number of nitrogens with one attached hydrogen (secondary N) is 1. The molecule has 0 aromatic heterocycles. The van der Waals surface area contributed by atoms with Gasteiger partial charge in [-0.15, -0.1) is 24.8 Å². The third-order valence-electron chi connectivity index (χ3n) is 4.38. The van der Waals surface area contributed by atoms with Crippen LogP contribution in [0.5, 0.6) is 0 Å². The summed E-state index contributed by atoms with van der Waals surface area (Å²) in [6.07, 6.45) is -0.941. The summed E-state index contributed by atoms with van der Waals surface area (Å²) in [5, 5.41) is 1.07. The molecule has 10 heteroatoms. The van der Waals surface area contributed by atoms with Crippen LogP contribution in [-0.4, -0.2) is 35.2 Å². The van der Waals surface area contributed by atoms with Gasteiger partial charge >= 0.3 is 12.3 Å². The SMILES string of the molecule is CC(=O)OC1(Cl)CCNC(Cl)C1C(=O)C1(C)CC=CC=C1OC(F)(F)F. The molecule has 1 heterocycles. The van der Waals surface area contributed by atoms with Crippen LogP contribution >= 0.6 is 23.2 Å². The highest BCUT2D eigenvalue weighted by Gasteiger charge is 2.57. The number of alkyl halides is 5. The van der Waals surface area contributed by atoms with Gasteiger partial charge in [0.25, 0.3) is 0 Å². The highest BCUT2D eigenvalue weighted by atomic mass is 35.5. The Balaban J connectivity index is 2.40. The minimum absolute atomic E-state index is 0.0408. The normalized spacial score (nSPS) is 34.8. The Morgan fingerprint density at radius 2 is 2.04 bits per heavy atom. The summed E-state index contributed by atoms with van der Waals surface area (Å²) in [6.45, 7) is 2.72. The Bertz CT molecular complexity index is 652. The maximum atomic E-state index is 13.3. The molecule has 5 nitrogen and oxygen atoms in total. The topological polar surface area (TPSA) is 64.6 Å². The van der Waals surface area contributed by atoms with E-state index < -0.39 is 45.8 Å². The molecule has 0 aromatic carbocycles. The van der Waals surface area contributed by atoms with Gasteiger partial charge in [0, 0.05) is 19.9 Å². The van der Waals surface area contributed by atoms with E-state index in [1.54, 1.807) is 6.08 Å². The molecular weight excluding hydrogens is 398 g/mol. The summed E-state index contributed by atoms with van der Waals surface area (Å²) in [6, 6.07) is 0. The van der Waals surface area contributed by atoms with Crippen LogP contribution in [0.4, 0.5) is 13.2 Å². The molecular formula is C16H18Cl2F3NO4. The molecule has 4 atom stereocenters. The van der Waals surface area contributed by atoms with Crippen molar-refractivity contribution in [2.75, 3.05) is 6.54 Å². The van der Waals surface area contributed by atoms with Gasteiger partial charge in [0.15, 0.2) is 10.8 Å². The van der Waals surface area contributed by atoms with Crippen molar-refractivity contribution < 1.29 is 32.2 Å². The summed E-state index contributed by atoms with van der Waals surface area (Å²) < 4.78 is 47.5. The second-order valence-corrected chi connectivity index (χ2v) is 7.48. The summed E-state index contributed by atoms with van der Waals surface area (Å²) in [7, 11) is 0. The van der Waals surface area contributed by atoms with E-state index in [4.69, 9.17) is 27.9 Å². The Kier molecular flexibility index (Phi) is 5.99. The third kappa shape index (κ3) is 4.35. The van der Waals surface area contributed by atoms with Gasteiger partial charge in [-0.1, -0.05) is 23.8 Å². The predicted octanol–water partition coefficient (Wildman–Crippen LogP) is 3.61. The second kappa shape index (κ2) is 7.40. The summed E-state index contributed by atoms with van der Waals surface area (Å²) in [5.41, 5.74) is -2.69. The molecule has 1 fully saturated rings. The lowest BCUT2D eigenvalue weighted by Crippen LogP contribution is -2.59. The largest absolute Gasteiger partial charge is 0.572 e. The van der Waals surface area contributed by atoms with Crippen LogP contribution in [0, 0.1) is 11.3 Å². The lowest BCUT2D eigenvalue weighted by molar-refractivity contribution is -0.311. The van der Waals surface area contributed by atoms with Crippen LogP contribution in [-0.2, 0) is 19.1 Å². The van der Waals surface area contributed by atoms with Gasteiger partial charge in [-0.25, -0.2) is 0 Å². The zero-order chi connectivity index (χ0) is 19.8. The Morgan fingerprint density at radius 3 is 2.62 bits per heavy atom. The van der Waals surface area contributed by atoms with E-state index in [0.717, 1.165) is 13.0 Å². The average Bonchev–Trinajstić information content (AvgIpc) is 2.47. The van der Waals surface area contributed by atoms with Crippen LogP contribution < -0.4 is 5.32 Å². The standard InChI is InChI=1S/C16H18Cl2F3NO4/c1-9(23)25-15(18)7-8-22-13(17)11(15)12(24)14(2)6-4-3-5-10(14)26-16(19,20)21/h3-5,11,13,22H,6-8H2,1-2H3. The number of hydrogen-bond acceptors (Lipinski definition) is 5. The highest BCUT2D eigenvalue weighted by Crippen LogP contribution is 2.47. The molecule has 0 saturated carbocycles. The van der Waals surface area contributed by atoms with Gasteiger partial charge < -0.3 is 14.8 Å². The van der Waals surface area contributed by atoms with E-state index in [1.165, 1.54) is 13.0 Å². The number of piperidine rings is 1. The zero-order valence-electron chi connectivity index (χ0n) is 14.0. The van der Waals surface area contributed by atoms with Gasteiger partial charge in [0.1, 0.15) is 11.7 Å². The van der Waals surface area contributed by atoms with Crippen molar-refractivity contribution in [1.29, 1.82) is 0 Å². The minimum Gasteiger partial charge on any atom is -0.442 e. The van der Waals surface area contributed by atoms with Gasteiger partial charge in [-0.2, -0.15) is 0 Å². The molecule has 2 aliphatic rings. The Labute approximate surface area is 158 Å². The molecule has 0 radical (unpaired) electrons. The molecule has 1 N–H and O–H groups in total. The molecule has 1 aliphatic carbocycles. The summed E-state index contributed by atoms with van der Waals surface area (Å²) in [4.78, 5) is 24.7. The first-order chi connectivity index (χ1) is 11.9.